The van der Waals surface area contributed by atoms with Gasteiger partial charge < -0.3 is 21.4 Å². The van der Waals surface area contributed by atoms with Crippen LogP contribution >= 0.6 is 11.6 Å². The molecular weight excluding hydrogens is 551 g/mol. The predicted octanol–water partition coefficient (Wildman–Crippen LogP) is 7.09. The summed E-state index contributed by atoms with van der Waals surface area (Å²) < 4.78 is 16.6. The molecule has 1 fully saturated rings. The smallest absolute Gasteiger partial charge is 0.339 e. The molecule has 3 heterocycles. The first-order valence-corrected chi connectivity index (χ1v) is 15.3. The molecule has 222 valence electrons. The largest absolute Gasteiger partial charge is 0.354 e. The van der Waals surface area contributed by atoms with Gasteiger partial charge in [0.05, 0.1) is 16.4 Å². The van der Waals surface area contributed by atoms with E-state index in [0.29, 0.717) is 52.2 Å². The fourth-order valence-corrected chi connectivity index (χ4v) is 6.09. The van der Waals surface area contributed by atoms with Crippen LogP contribution in [0.25, 0.3) is 28.0 Å². The molecule has 1 aliphatic heterocycles. The van der Waals surface area contributed by atoms with Gasteiger partial charge in [0.15, 0.2) is 5.82 Å². The number of H-pyrrole nitrogens is 1. The lowest BCUT2D eigenvalue weighted by molar-refractivity contribution is 0.314. The fraction of sp³-hybridized carbons (Fsp3) is 0.424. The highest BCUT2D eigenvalue weighted by atomic mass is 35.5. The molecule has 0 unspecified atom stereocenters. The van der Waals surface area contributed by atoms with Gasteiger partial charge in [0.2, 0.25) is 0 Å². The number of piperidine rings is 1. The Hall–Kier alpha value is -3.33. The van der Waals surface area contributed by atoms with Gasteiger partial charge in [0, 0.05) is 41.5 Å². The van der Waals surface area contributed by atoms with Crippen molar-refractivity contribution in [2.24, 2.45) is 11.7 Å². The second-order valence-corrected chi connectivity index (χ2v) is 12.3. The van der Waals surface area contributed by atoms with Crippen molar-refractivity contribution in [3.8, 4) is 16.9 Å². The van der Waals surface area contributed by atoms with Gasteiger partial charge in [-0.2, -0.15) is 4.98 Å². The average Bonchev–Trinajstić information content (AvgIpc) is 3.39. The van der Waals surface area contributed by atoms with Crippen molar-refractivity contribution in [1.29, 1.82) is 5.41 Å². The van der Waals surface area contributed by atoms with Crippen LogP contribution in [0.4, 0.5) is 4.39 Å². The number of hydrogen-bond donors (Lipinski definition) is 4. The van der Waals surface area contributed by atoms with E-state index in [2.05, 4.69) is 41.3 Å². The van der Waals surface area contributed by atoms with E-state index in [1.165, 1.54) is 10.1 Å². The predicted molar refractivity (Wildman–Crippen MR) is 169 cm³/mol. The molecule has 2 aromatic carbocycles. The Labute approximate surface area is 251 Å². The van der Waals surface area contributed by atoms with E-state index in [0.717, 1.165) is 56.9 Å². The molecule has 2 atom stereocenters. The van der Waals surface area contributed by atoms with Crippen molar-refractivity contribution in [2.45, 2.75) is 77.3 Å². The number of rotatable bonds is 11. The number of hydrogen-bond acceptors (Lipinski definition) is 5. The summed E-state index contributed by atoms with van der Waals surface area (Å²) >= 11 is 6.27. The Bertz CT molecular complexity index is 1610. The third kappa shape index (κ3) is 7.00. The summed E-state index contributed by atoms with van der Waals surface area (Å²) in [6.07, 6.45) is 9.58. The van der Waals surface area contributed by atoms with Crippen LogP contribution in [0.1, 0.15) is 76.0 Å². The average molecular weight is 591 g/mol. The molecule has 0 amide bonds. The molecule has 2 aromatic heterocycles. The van der Waals surface area contributed by atoms with Crippen molar-refractivity contribution >= 4 is 28.3 Å². The summed E-state index contributed by atoms with van der Waals surface area (Å²) in [7, 11) is 0. The van der Waals surface area contributed by atoms with Gasteiger partial charge in [0.1, 0.15) is 5.65 Å². The molecule has 0 aliphatic carbocycles. The van der Waals surface area contributed by atoms with E-state index < -0.39 is 11.5 Å². The zero-order valence-corrected chi connectivity index (χ0v) is 25.1. The summed E-state index contributed by atoms with van der Waals surface area (Å²) in [5, 5.41) is 12.4. The van der Waals surface area contributed by atoms with Gasteiger partial charge in [0.25, 0.3) is 0 Å². The maximum absolute atomic E-state index is 15.1. The first kappa shape index (κ1) is 30.1. The van der Waals surface area contributed by atoms with Crippen molar-refractivity contribution in [3.63, 3.8) is 0 Å². The number of halogens is 2. The molecule has 4 aromatic rings. The lowest BCUT2D eigenvalue weighted by atomic mass is 9.91. The molecular formula is C33H40ClFN6O. The Balaban J connectivity index is 1.35. The monoisotopic (exact) mass is 590 g/mol. The van der Waals surface area contributed by atoms with Crippen LogP contribution in [0.5, 0.6) is 0 Å². The highest BCUT2D eigenvalue weighted by Gasteiger charge is 2.22. The van der Waals surface area contributed by atoms with Crippen molar-refractivity contribution in [3.05, 3.63) is 81.1 Å². The second-order valence-electron chi connectivity index (χ2n) is 11.9. The molecule has 0 radical (unpaired) electrons. The van der Waals surface area contributed by atoms with Crippen molar-refractivity contribution < 1.29 is 4.39 Å². The first-order chi connectivity index (χ1) is 20.2. The van der Waals surface area contributed by atoms with Crippen LogP contribution in [0.2, 0.25) is 5.02 Å². The molecule has 9 heteroatoms. The van der Waals surface area contributed by atoms with Gasteiger partial charge in [-0.25, -0.2) is 9.18 Å². The molecule has 7 nitrogen and oxygen atoms in total. The normalized spacial score (nSPS) is 17.3. The number of nitrogens with one attached hydrogen (secondary N) is 3. The third-order valence-corrected chi connectivity index (χ3v) is 8.51. The standard InChI is InChI=1S/C33H40ClFN6O/c1-20(2)5-3-6-21-15-27(31(35)28(34)16-21)30-17-23-19-41(33(42)40-32(23)39-30)26-13-9-22(10-14-26)29-8-4-7-25(38-29)12-11-24(37)18-36/h9-10,13-17,19-20,25,29,37-38H,3-8,11-12,18,36H2,1-2H3,(H,39,40,42)/t25-,29-/m0/s1. The molecule has 0 saturated carbocycles. The third-order valence-electron chi connectivity index (χ3n) is 8.23. The number of nitrogens with two attached hydrogens (primary N) is 1. The Morgan fingerprint density at radius 3 is 2.74 bits per heavy atom. The summed E-state index contributed by atoms with van der Waals surface area (Å²) in [6, 6.07) is 13.9. The minimum Gasteiger partial charge on any atom is -0.339 e. The molecule has 1 aliphatic rings. The van der Waals surface area contributed by atoms with E-state index in [1.807, 2.05) is 24.3 Å². The van der Waals surface area contributed by atoms with E-state index in [-0.39, 0.29) is 11.1 Å². The molecule has 5 N–H and O–H groups in total. The van der Waals surface area contributed by atoms with E-state index >= 15 is 4.39 Å². The van der Waals surface area contributed by atoms with Crippen LogP contribution in [-0.2, 0) is 6.42 Å². The molecule has 0 bridgehead atoms. The molecule has 5 rings (SSSR count). The summed E-state index contributed by atoms with van der Waals surface area (Å²) in [4.78, 5) is 20.4. The molecule has 0 spiro atoms. The maximum atomic E-state index is 15.1. The van der Waals surface area contributed by atoms with E-state index in [9.17, 15) is 4.79 Å². The summed E-state index contributed by atoms with van der Waals surface area (Å²) in [5.74, 6) is 0.118. The van der Waals surface area contributed by atoms with Crippen molar-refractivity contribution in [1.82, 2.24) is 19.9 Å². The SMILES string of the molecule is CC(C)CCCc1cc(Cl)c(F)c(-c2cc3cn(-c4ccc([C@@H]5CCC[C@@H](CCC(=N)CN)N5)cc4)c(=O)nc3[nH]2)c1. The second kappa shape index (κ2) is 13.3. The fourth-order valence-electron chi connectivity index (χ4n) is 5.85. The number of aromatic amines is 1. The van der Waals surface area contributed by atoms with Crippen LogP contribution < -0.4 is 16.7 Å². The summed E-state index contributed by atoms with van der Waals surface area (Å²) in [5.41, 5.74) is 9.94. The molecule has 1 saturated heterocycles. The lowest BCUT2D eigenvalue weighted by Crippen LogP contribution is -2.37. The van der Waals surface area contributed by atoms with Crippen LogP contribution in [0.15, 0.2) is 53.5 Å². The van der Waals surface area contributed by atoms with Crippen molar-refractivity contribution in [2.75, 3.05) is 6.54 Å². The maximum Gasteiger partial charge on any atom is 0.354 e. The molecule has 42 heavy (non-hydrogen) atoms. The van der Waals surface area contributed by atoms with Gasteiger partial charge in [-0.15, -0.1) is 0 Å². The highest BCUT2D eigenvalue weighted by molar-refractivity contribution is 6.31. The minimum atomic E-state index is -0.488. The van der Waals surface area contributed by atoms with Gasteiger partial charge in [-0.1, -0.05) is 50.4 Å². The van der Waals surface area contributed by atoms with Crippen LogP contribution in [0, 0.1) is 17.1 Å². The van der Waals surface area contributed by atoms with Crippen LogP contribution in [0.3, 0.4) is 0 Å². The lowest BCUT2D eigenvalue weighted by Gasteiger charge is -2.31. The zero-order valence-electron chi connectivity index (χ0n) is 24.4. The Morgan fingerprint density at radius 1 is 1.21 bits per heavy atom. The minimum absolute atomic E-state index is 0.0899. The van der Waals surface area contributed by atoms with Gasteiger partial charge in [-0.3, -0.25) is 4.57 Å². The number of aromatic nitrogens is 3. The Morgan fingerprint density at radius 2 is 2.00 bits per heavy atom. The number of benzene rings is 2. The number of fused-ring (bicyclic) bond motifs is 1. The zero-order chi connectivity index (χ0) is 29.8. The highest BCUT2D eigenvalue weighted by Crippen LogP contribution is 2.32. The van der Waals surface area contributed by atoms with Crippen LogP contribution in [-0.4, -0.2) is 32.8 Å². The quantitative estimate of drug-likeness (QED) is 0.140. The van der Waals surface area contributed by atoms with E-state index in [4.69, 9.17) is 22.7 Å². The number of aryl methyl sites for hydroxylation is 1. The summed E-state index contributed by atoms with van der Waals surface area (Å²) in [6.45, 7) is 4.70. The topological polar surface area (TPSA) is 113 Å². The van der Waals surface area contributed by atoms with Gasteiger partial charge in [-0.05, 0) is 85.9 Å². The Kier molecular flexibility index (Phi) is 9.56. The number of nitrogens with zero attached hydrogens (tertiary/aromatic N) is 2. The van der Waals surface area contributed by atoms with Gasteiger partial charge >= 0.3 is 5.69 Å². The first-order valence-electron chi connectivity index (χ1n) is 14.9. The van der Waals surface area contributed by atoms with E-state index in [1.54, 1.807) is 12.3 Å².